The molecule has 0 saturated heterocycles. The van der Waals surface area contributed by atoms with Crippen LogP contribution < -0.4 is 5.32 Å². The minimum Gasteiger partial charge on any atom is -0.351 e. The Labute approximate surface area is 103 Å². The van der Waals surface area contributed by atoms with E-state index in [0.29, 0.717) is 23.8 Å². The first-order valence-corrected chi connectivity index (χ1v) is 6.21. The van der Waals surface area contributed by atoms with Crippen LogP contribution in [-0.2, 0) is 0 Å². The molecule has 0 radical (unpaired) electrons. The lowest BCUT2D eigenvalue weighted by molar-refractivity contribution is 0.509. The van der Waals surface area contributed by atoms with Crippen molar-refractivity contribution in [2.45, 2.75) is 40.2 Å². The summed E-state index contributed by atoms with van der Waals surface area (Å²) in [6.45, 7) is 8.30. The Morgan fingerprint density at radius 3 is 2.25 bits per heavy atom. The van der Waals surface area contributed by atoms with Gasteiger partial charge in [0.25, 0.3) is 0 Å². The van der Waals surface area contributed by atoms with Gasteiger partial charge < -0.3 is 5.32 Å². The van der Waals surface area contributed by atoms with Gasteiger partial charge in [0.1, 0.15) is 0 Å². The smallest absolute Gasteiger partial charge is 0.223 e. The van der Waals surface area contributed by atoms with Crippen molar-refractivity contribution in [1.82, 2.24) is 9.97 Å². The molecule has 0 fully saturated rings. The maximum Gasteiger partial charge on any atom is 0.223 e. The Bertz CT molecular complexity index is 319. The van der Waals surface area contributed by atoms with Gasteiger partial charge in [-0.1, -0.05) is 13.8 Å². The summed E-state index contributed by atoms with van der Waals surface area (Å²) >= 11 is 5.79. The van der Waals surface area contributed by atoms with Gasteiger partial charge in [-0.3, -0.25) is 0 Å². The van der Waals surface area contributed by atoms with Crippen LogP contribution in [0.4, 0.5) is 5.95 Å². The lowest BCUT2D eigenvalue weighted by Crippen LogP contribution is -2.27. The minimum atomic E-state index is 0.332. The molecule has 0 spiro atoms. The molecule has 0 aliphatic heterocycles. The van der Waals surface area contributed by atoms with Gasteiger partial charge in [0, 0.05) is 23.3 Å². The van der Waals surface area contributed by atoms with Gasteiger partial charge in [-0.2, -0.15) is 0 Å². The molecule has 90 valence electrons. The van der Waals surface area contributed by atoms with Crippen molar-refractivity contribution in [3.8, 4) is 0 Å². The van der Waals surface area contributed by atoms with Gasteiger partial charge >= 0.3 is 0 Å². The fourth-order valence-electron chi connectivity index (χ4n) is 1.65. The second-order valence-corrected chi connectivity index (χ2v) is 4.82. The topological polar surface area (TPSA) is 37.8 Å². The number of aromatic nitrogens is 2. The molecule has 1 N–H and O–H groups in total. The summed E-state index contributed by atoms with van der Waals surface area (Å²) in [6, 6.07) is 2.30. The average Bonchev–Trinajstić information content (AvgIpc) is 2.15. The summed E-state index contributed by atoms with van der Waals surface area (Å²) < 4.78 is 0. The van der Waals surface area contributed by atoms with Gasteiger partial charge in [0.05, 0.1) is 0 Å². The Kier molecular flexibility index (Phi) is 5.00. The number of halogens is 1. The van der Waals surface area contributed by atoms with Crippen LogP contribution >= 0.6 is 11.6 Å². The van der Waals surface area contributed by atoms with E-state index in [-0.39, 0.29) is 0 Å². The van der Waals surface area contributed by atoms with E-state index in [0.717, 1.165) is 17.8 Å². The SMILES string of the molecule is Cc1cc(C)nc(NC(CCCl)C(C)C)n1. The predicted octanol–water partition coefficient (Wildman–Crippen LogP) is 3.16. The molecule has 4 heteroatoms. The van der Waals surface area contributed by atoms with Crippen LogP contribution in [-0.4, -0.2) is 21.9 Å². The van der Waals surface area contributed by atoms with Gasteiger partial charge in [-0.05, 0) is 32.3 Å². The molecule has 0 amide bonds. The van der Waals surface area contributed by atoms with E-state index in [1.54, 1.807) is 0 Å². The number of nitrogens with one attached hydrogen (secondary N) is 1. The van der Waals surface area contributed by atoms with Crippen LogP contribution in [0.1, 0.15) is 31.7 Å². The van der Waals surface area contributed by atoms with E-state index in [4.69, 9.17) is 11.6 Å². The van der Waals surface area contributed by atoms with Crippen LogP contribution in [0.2, 0.25) is 0 Å². The van der Waals surface area contributed by atoms with Crippen molar-refractivity contribution >= 4 is 17.5 Å². The Morgan fingerprint density at radius 1 is 1.25 bits per heavy atom. The molecule has 1 heterocycles. The number of anilines is 1. The lowest BCUT2D eigenvalue weighted by atomic mass is 10.0. The van der Waals surface area contributed by atoms with Crippen molar-refractivity contribution < 1.29 is 0 Å². The van der Waals surface area contributed by atoms with E-state index in [2.05, 4.69) is 29.1 Å². The standard InChI is InChI=1S/C12H20ClN3/c1-8(2)11(5-6-13)16-12-14-9(3)7-10(4)15-12/h7-8,11H,5-6H2,1-4H3,(H,14,15,16). The predicted molar refractivity (Wildman–Crippen MR) is 69.1 cm³/mol. The molecular formula is C12H20ClN3. The molecule has 1 aromatic heterocycles. The van der Waals surface area contributed by atoms with Crippen molar-refractivity contribution in [1.29, 1.82) is 0 Å². The van der Waals surface area contributed by atoms with Gasteiger partial charge in [-0.15, -0.1) is 11.6 Å². The molecule has 0 bridgehead atoms. The Morgan fingerprint density at radius 2 is 1.81 bits per heavy atom. The zero-order valence-corrected chi connectivity index (χ0v) is 11.2. The zero-order chi connectivity index (χ0) is 12.1. The van der Waals surface area contributed by atoms with Gasteiger partial charge in [0.2, 0.25) is 5.95 Å². The fraction of sp³-hybridized carbons (Fsp3) is 0.667. The van der Waals surface area contributed by atoms with Crippen LogP contribution in [0.3, 0.4) is 0 Å². The molecule has 16 heavy (non-hydrogen) atoms. The first-order chi connectivity index (χ1) is 7.52. The molecular weight excluding hydrogens is 222 g/mol. The number of hydrogen-bond acceptors (Lipinski definition) is 3. The third-order valence-corrected chi connectivity index (χ3v) is 2.74. The Hall–Kier alpha value is -0.830. The first kappa shape index (κ1) is 13.2. The van der Waals surface area contributed by atoms with E-state index >= 15 is 0 Å². The highest BCUT2D eigenvalue weighted by Crippen LogP contribution is 2.13. The molecule has 0 aliphatic carbocycles. The third kappa shape index (κ3) is 3.97. The summed E-state index contributed by atoms with van der Waals surface area (Å²) in [5.41, 5.74) is 1.98. The monoisotopic (exact) mass is 241 g/mol. The highest BCUT2D eigenvalue weighted by Gasteiger charge is 2.13. The Balaban J connectivity index is 2.76. The second kappa shape index (κ2) is 6.04. The van der Waals surface area contributed by atoms with Gasteiger partial charge in [0.15, 0.2) is 0 Å². The lowest BCUT2D eigenvalue weighted by Gasteiger charge is -2.21. The molecule has 0 saturated carbocycles. The molecule has 1 aromatic rings. The maximum absolute atomic E-state index is 5.79. The molecule has 1 rings (SSSR count). The molecule has 1 atom stereocenters. The average molecular weight is 242 g/mol. The normalized spacial score (nSPS) is 12.9. The summed E-state index contributed by atoms with van der Waals surface area (Å²) in [7, 11) is 0. The highest BCUT2D eigenvalue weighted by atomic mass is 35.5. The summed E-state index contributed by atoms with van der Waals surface area (Å²) in [5.74, 6) is 1.88. The highest BCUT2D eigenvalue weighted by molar-refractivity contribution is 6.17. The van der Waals surface area contributed by atoms with E-state index in [9.17, 15) is 0 Å². The summed E-state index contributed by atoms with van der Waals surface area (Å²) in [4.78, 5) is 8.75. The maximum atomic E-state index is 5.79. The number of nitrogens with zero attached hydrogens (tertiary/aromatic N) is 2. The molecule has 3 nitrogen and oxygen atoms in total. The molecule has 0 aliphatic rings. The number of alkyl halides is 1. The fourth-order valence-corrected chi connectivity index (χ4v) is 1.88. The van der Waals surface area contributed by atoms with Crippen LogP contribution in [0.5, 0.6) is 0 Å². The zero-order valence-electron chi connectivity index (χ0n) is 10.4. The number of hydrogen-bond donors (Lipinski definition) is 1. The van der Waals surface area contributed by atoms with Crippen molar-refractivity contribution in [3.05, 3.63) is 17.5 Å². The van der Waals surface area contributed by atoms with Crippen LogP contribution in [0, 0.1) is 19.8 Å². The largest absolute Gasteiger partial charge is 0.351 e. The quantitative estimate of drug-likeness (QED) is 0.805. The summed E-state index contributed by atoms with van der Waals surface area (Å²) in [5, 5.41) is 3.35. The first-order valence-electron chi connectivity index (χ1n) is 5.67. The minimum absolute atomic E-state index is 0.332. The van der Waals surface area contributed by atoms with Crippen molar-refractivity contribution in [2.75, 3.05) is 11.2 Å². The van der Waals surface area contributed by atoms with E-state index in [1.807, 2.05) is 19.9 Å². The molecule has 1 unspecified atom stereocenters. The number of aryl methyl sites for hydroxylation is 2. The van der Waals surface area contributed by atoms with Crippen molar-refractivity contribution in [3.63, 3.8) is 0 Å². The van der Waals surface area contributed by atoms with Crippen LogP contribution in [0.15, 0.2) is 6.07 Å². The van der Waals surface area contributed by atoms with E-state index in [1.165, 1.54) is 0 Å². The molecule has 0 aromatic carbocycles. The summed E-state index contributed by atoms with van der Waals surface area (Å²) in [6.07, 6.45) is 0.926. The van der Waals surface area contributed by atoms with Crippen LogP contribution in [0.25, 0.3) is 0 Å². The van der Waals surface area contributed by atoms with Crippen molar-refractivity contribution in [2.24, 2.45) is 5.92 Å². The number of rotatable bonds is 5. The van der Waals surface area contributed by atoms with E-state index < -0.39 is 0 Å². The van der Waals surface area contributed by atoms with Gasteiger partial charge in [-0.25, -0.2) is 9.97 Å². The third-order valence-electron chi connectivity index (χ3n) is 2.52. The second-order valence-electron chi connectivity index (χ2n) is 4.45.